The zero-order valence-electron chi connectivity index (χ0n) is 12.9. The van der Waals surface area contributed by atoms with Crippen LogP contribution in [-0.4, -0.2) is 16.0 Å². The first-order valence-corrected chi connectivity index (χ1v) is 8.55. The lowest BCUT2D eigenvalue weighted by Crippen LogP contribution is -2.26. The van der Waals surface area contributed by atoms with Gasteiger partial charge in [0.2, 0.25) is 5.95 Å². The van der Waals surface area contributed by atoms with Crippen LogP contribution in [0.2, 0.25) is 0 Å². The summed E-state index contributed by atoms with van der Waals surface area (Å²) in [7, 11) is 0. The van der Waals surface area contributed by atoms with Crippen LogP contribution in [0, 0.1) is 0 Å². The van der Waals surface area contributed by atoms with Gasteiger partial charge in [0, 0.05) is 28.2 Å². The van der Waals surface area contributed by atoms with Crippen LogP contribution in [0.25, 0.3) is 0 Å². The summed E-state index contributed by atoms with van der Waals surface area (Å²) in [6.07, 6.45) is 4.64. The molecule has 0 N–H and O–H groups in total. The Balaban J connectivity index is 1.78. The van der Waals surface area contributed by atoms with Gasteiger partial charge in [-0.1, -0.05) is 42.1 Å². The molecule has 0 radical (unpaired) electrons. The van der Waals surface area contributed by atoms with Crippen molar-refractivity contribution >= 4 is 23.4 Å². The van der Waals surface area contributed by atoms with Crippen LogP contribution in [0.15, 0.2) is 76.8 Å². The Bertz CT molecular complexity index is 805. The summed E-state index contributed by atoms with van der Waals surface area (Å²) in [6, 6.07) is 19.3. The van der Waals surface area contributed by atoms with Gasteiger partial charge in [0.25, 0.3) is 0 Å². The van der Waals surface area contributed by atoms with E-state index in [1.807, 2.05) is 12.1 Å². The molecule has 0 bridgehead atoms. The highest BCUT2D eigenvalue weighted by molar-refractivity contribution is 7.99. The molecule has 0 saturated heterocycles. The smallest absolute Gasteiger partial charge is 0.230 e. The number of benzene rings is 2. The van der Waals surface area contributed by atoms with E-state index in [9.17, 15) is 0 Å². The molecule has 0 saturated carbocycles. The van der Waals surface area contributed by atoms with Crippen molar-refractivity contribution in [2.45, 2.75) is 29.2 Å². The van der Waals surface area contributed by atoms with Gasteiger partial charge in [0.1, 0.15) is 0 Å². The third kappa shape index (κ3) is 2.70. The minimum absolute atomic E-state index is 0.366. The lowest BCUT2D eigenvalue weighted by molar-refractivity contribution is 0.737. The Morgan fingerprint density at radius 1 is 0.957 bits per heavy atom. The number of fused-ring (bicyclic) bond motifs is 1. The molecule has 2 aromatic carbocycles. The molecule has 114 valence electrons. The summed E-state index contributed by atoms with van der Waals surface area (Å²) < 4.78 is 0. The molecular weight excluding hydrogens is 302 g/mol. The minimum atomic E-state index is 0.366. The predicted octanol–water partition coefficient (Wildman–Crippen LogP) is 4.71. The van der Waals surface area contributed by atoms with E-state index in [1.54, 1.807) is 24.2 Å². The van der Waals surface area contributed by atoms with E-state index in [-0.39, 0.29) is 0 Å². The van der Waals surface area contributed by atoms with Crippen molar-refractivity contribution < 1.29 is 0 Å². The van der Waals surface area contributed by atoms with Gasteiger partial charge < -0.3 is 4.90 Å². The van der Waals surface area contributed by atoms with Crippen molar-refractivity contribution in [1.82, 2.24) is 9.97 Å². The van der Waals surface area contributed by atoms with Crippen molar-refractivity contribution in [3.05, 3.63) is 72.6 Å². The van der Waals surface area contributed by atoms with Crippen molar-refractivity contribution in [2.75, 3.05) is 4.90 Å². The molecule has 0 aliphatic carbocycles. The van der Waals surface area contributed by atoms with Gasteiger partial charge in [0.15, 0.2) is 0 Å². The molecule has 4 heteroatoms. The standard InChI is InChI=1S/C19H17N3S/c1-14-13-15-7-5-10-17(23-16-8-3-2-4-9-16)18(15)22(14)19-20-11-6-12-21-19/h2-12,14H,13H2,1H3. The van der Waals surface area contributed by atoms with Crippen LogP contribution < -0.4 is 4.90 Å². The Morgan fingerprint density at radius 3 is 2.52 bits per heavy atom. The molecule has 1 unspecified atom stereocenters. The highest BCUT2D eigenvalue weighted by atomic mass is 32.2. The number of para-hydroxylation sites is 1. The van der Waals surface area contributed by atoms with E-state index >= 15 is 0 Å². The van der Waals surface area contributed by atoms with Crippen LogP contribution in [0.4, 0.5) is 11.6 Å². The van der Waals surface area contributed by atoms with Crippen molar-refractivity contribution in [2.24, 2.45) is 0 Å². The lowest BCUT2D eigenvalue weighted by Gasteiger charge is -2.24. The van der Waals surface area contributed by atoms with E-state index in [0.717, 1.165) is 12.4 Å². The molecule has 3 nitrogen and oxygen atoms in total. The van der Waals surface area contributed by atoms with Crippen LogP contribution >= 0.6 is 11.8 Å². The minimum Gasteiger partial charge on any atom is -0.306 e. The highest BCUT2D eigenvalue weighted by Crippen LogP contribution is 2.44. The summed E-state index contributed by atoms with van der Waals surface area (Å²) in [6.45, 7) is 2.23. The molecule has 0 fully saturated rings. The van der Waals surface area contributed by atoms with Crippen LogP contribution in [0.1, 0.15) is 12.5 Å². The van der Waals surface area contributed by atoms with Crippen molar-refractivity contribution in [1.29, 1.82) is 0 Å². The first-order chi connectivity index (χ1) is 11.3. The van der Waals surface area contributed by atoms with Gasteiger partial charge in [-0.2, -0.15) is 0 Å². The summed E-state index contributed by atoms with van der Waals surface area (Å²) in [4.78, 5) is 13.7. The zero-order chi connectivity index (χ0) is 15.6. The second kappa shape index (κ2) is 6.05. The second-order valence-electron chi connectivity index (χ2n) is 5.65. The molecule has 4 rings (SSSR count). The molecule has 0 amide bonds. The lowest BCUT2D eigenvalue weighted by atomic mass is 10.1. The maximum Gasteiger partial charge on any atom is 0.230 e. The summed E-state index contributed by atoms with van der Waals surface area (Å²) in [5.41, 5.74) is 2.62. The van der Waals surface area contributed by atoms with E-state index in [2.05, 4.69) is 64.3 Å². The molecule has 0 spiro atoms. The average Bonchev–Trinajstić information content (AvgIpc) is 2.93. The third-order valence-electron chi connectivity index (χ3n) is 4.02. The maximum absolute atomic E-state index is 4.46. The topological polar surface area (TPSA) is 29.0 Å². The van der Waals surface area contributed by atoms with Crippen LogP contribution in [-0.2, 0) is 6.42 Å². The van der Waals surface area contributed by atoms with E-state index in [4.69, 9.17) is 0 Å². The zero-order valence-corrected chi connectivity index (χ0v) is 13.7. The summed E-state index contributed by atoms with van der Waals surface area (Å²) in [5, 5.41) is 0. The molecule has 3 aromatic rings. The van der Waals surface area contributed by atoms with Crippen LogP contribution in [0.5, 0.6) is 0 Å². The molecule has 1 atom stereocenters. The molecule has 23 heavy (non-hydrogen) atoms. The number of hydrogen-bond acceptors (Lipinski definition) is 4. The largest absolute Gasteiger partial charge is 0.306 e. The molecule has 2 heterocycles. The van der Waals surface area contributed by atoms with E-state index in [1.165, 1.54) is 21.0 Å². The van der Waals surface area contributed by atoms with E-state index < -0.39 is 0 Å². The van der Waals surface area contributed by atoms with Gasteiger partial charge in [-0.3, -0.25) is 0 Å². The molecule has 1 aromatic heterocycles. The quantitative estimate of drug-likeness (QED) is 0.699. The first kappa shape index (κ1) is 14.3. The Labute approximate surface area is 140 Å². The number of aromatic nitrogens is 2. The third-order valence-corrected chi connectivity index (χ3v) is 5.08. The Kier molecular flexibility index (Phi) is 3.75. The Morgan fingerprint density at radius 2 is 1.74 bits per heavy atom. The van der Waals surface area contributed by atoms with Gasteiger partial charge in [-0.25, -0.2) is 9.97 Å². The molecule has 1 aliphatic rings. The number of anilines is 2. The molecular formula is C19H17N3S. The number of nitrogens with zero attached hydrogens (tertiary/aromatic N) is 3. The number of hydrogen-bond donors (Lipinski definition) is 0. The van der Waals surface area contributed by atoms with Gasteiger partial charge in [-0.15, -0.1) is 0 Å². The van der Waals surface area contributed by atoms with Gasteiger partial charge in [-0.05, 0) is 43.2 Å². The second-order valence-corrected chi connectivity index (χ2v) is 6.77. The van der Waals surface area contributed by atoms with Crippen molar-refractivity contribution in [3.8, 4) is 0 Å². The SMILES string of the molecule is CC1Cc2cccc(Sc3ccccc3)c2N1c1ncccn1. The van der Waals surface area contributed by atoms with Crippen molar-refractivity contribution in [3.63, 3.8) is 0 Å². The number of rotatable bonds is 3. The fourth-order valence-corrected chi connectivity index (χ4v) is 4.07. The highest BCUT2D eigenvalue weighted by Gasteiger charge is 2.31. The first-order valence-electron chi connectivity index (χ1n) is 7.74. The average molecular weight is 319 g/mol. The predicted molar refractivity (Wildman–Crippen MR) is 94.3 cm³/mol. The van der Waals surface area contributed by atoms with E-state index in [0.29, 0.717) is 6.04 Å². The van der Waals surface area contributed by atoms with Crippen LogP contribution in [0.3, 0.4) is 0 Å². The fourth-order valence-electron chi connectivity index (χ4n) is 3.05. The maximum atomic E-state index is 4.46. The van der Waals surface area contributed by atoms with Gasteiger partial charge >= 0.3 is 0 Å². The fraction of sp³-hybridized carbons (Fsp3) is 0.158. The summed E-state index contributed by atoms with van der Waals surface area (Å²) >= 11 is 1.80. The van der Waals surface area contributed by atoms with Gasteiger partial charge in [0.05, 0.1) is 5.69 Å². The normalized spacial score (nSPS) is 16.4. The Hall–Kier alpha value is -2.33. The summed E-state index contributed by atoms with van der Waals surface area (Å²) in [5.74, 6) is 0.778. The molecule has 1 aliphatic heterocycles. The monoisotopic (exact) mass is 319 g/mol.